The number of benzene rings is 1. The molecule has 2 aliphatic carbocycles. The quantitative estimate of drug-likeness (QED) is 0.594. The summed E-state index contributed by atoms with van der Waals surface area (Å²) in [5.74, 6) is 1.75. The van der Waals surface area contributed by atoms with E-state index in [9.17, 15) is 4.79 Å². The van der Waals surface area contributed by atoms with Crippen molar-refractivity contribution in [3.63, 3.8) is 0 Å². The lowest BCUT2D eigenvalue weighted by Gasteiger charge is -2.21. The molecule has 0 saturated heterocycles. The summed E-state index contributed by atoms with van der Waals surface area (Å²) in [7, 11) is 2.03. The van der Waals surface area contributed by atoms with Gasteiger partial charge in [-0.15, -0.1) is 0 Å². The second-order valence-electron chi connectivity index (χ2n) is 8.89. The van der Waals surface area contributed by atoms with Crippen molar-refractivity contribution in [2.45, 2.75) is 32.6 Å². The Morgan fingerprint density at radius 1 is 1.23 bits per heavy atom. The number of hydrogen-bond acceptors (Lipinski definition) is 4. The lowest BCUT2D eigenvalue weighted by atomic mass is 9.84. The van der Waals surface area contributed by atoms with Crippen molar-refractivity contribution in [1.29, 1.82) is 0 Å². The number of carbonyl (C=O) groups excluding carboxylic acids is 1. The maximum absolute atomic E-state index is 12.0. The van der Waals surface area contributed by atoms with Crippen molar-refractivity contribution in [3.05, 3.63) is 54.4 Å². The average molecular weight is 414 g/mol. The molecule has 158 valence electrons. The minimum absolute atomic E-state index is 0.177. The average Bonchev–Trinajstić information content (AvgIpc) is 3.25. The van der Waals surface area contributed by atoms with E-state index in [1.807, 2.05) is 31.3 Å². The van der Waals surface area contributed by atoms with E-state index in [4.69, 9.17) is 5.73 Å². The summed E-state index contributed by atoms with van der Waals surface area (Å²) in [6, 6.07) is 7.91. The number of nitrogens with one attached hydrogen (secondary N) is 1. The molecule has 1 fully saturated rings. The first-order valence-electron chi connectivity index (χ1n) is 10.8. The van der Waals surface area contributed by atoms with E-state index >= 15 is 0 Å². The number of aromatic nitrogens is 3. The maximum atomic E-state index is 12.0. The van der Waals surface area contributed by atoms with E-state index < -0.39 is 0 Å². The Bertz CT molecular complexity index is 1240. The number of anilines is 2. The monoisotopic (exact) mass is 413 g/mol. The highest BCUT2D eigenvalue weighted by atomic mass is 16.1. The second kappa shape index (κ2) is 7.38. The van der Waals surface area contributed by atoms with Gasteiger partial charge in [0.1, 0.15) is 17.8 Å². The van der Waals surface area contributed by atoms with Crippen LogP contribution in [0.1, 0.15) is 38.2 Å². The third-order valence-electron chi connectivity index (χ3n) is 6.65. The largest absolute Gasteiger partial charge is 0.383 e. The highest BCUT2D eigenvalue weighted by molar-refractivity contribution is 6.05. The predicted octanol–water partition coefficient (Wildman–Crippen LogP) is 4.94. The fraction of sp³-hybridized carbons (Fsp3) is 0.320. The van der Waals surface area contributed by atoms with Crippen molar-refractivity contribution >= 4 is 34.0 Å². The summed E-state index contributed by atoms with van der Waals surface area (Å²) < 4.78 is 2.11. The molecule has 2 heterocycles. The van der Waals surface area contributed by atoms with Gasteiger partial charge in [0.05, 0.1) is 11.1 Å². The fourth-order valence-corrected chi connectivity index (χ4v) is 5.17. The minimum Gasteiger partial charge on any atom is -0.383 e. The van der Waals surface area contributed by atoms with Gasteiger partial charge < -0.3 is 15.6 Å². The molecular formula is C25H27N5O. The number of nitrogens with zero attached hydrogens (tertiary/aromatic N) is 3. The summed E-state index contributed by atoms with van der Waals surface area (Å²) in [6.45, 7) is 5.39. The molecule has 2 aliphatic rings. The molecule has 2 aromatic heterocycles. The molecule has 0 aliphatic heterocycles. The van der Waals surface area contributed by atoms with Crippen molar-refractivity contribution in [3.8, 4) is 11.3 Å². The molecule has 2 bridgehead atoms. The number of rotatable bonds is 4. The predicted molar refractivity (Wildman–Crippen MR) is 125 cm³/mol. The third kappa shape index (κ3) is 3.32. The first-order valence-corrected chi connectivity index (χ1v) is 10.8. The maximum Gasteiger partial charge on any atom is 0.250 e. The molecule has 6 heteroatoms. The molecule has 6 nitrogen and oxygen atoms in total. The summed E-state index contributed by atoms with van der Waals surface area (Å²) in [6.07, 6.45) is 8.93. The molecule has 3 N–H and O–H groups in total. The molecule has 31 heavy (non-hydrogen) atoms. The standard InChI is InChI=1S/C25H27N5O/c1-14(2)25(31)29-19-8-6-17(7-9-19)22-20(18-11-15-4-5-16(10-15)12-18)21-23(26)27-13-28-24(21)30(22)3/h6-9,11,13,15-16H,1,4-5,10,12H2,2-3H3,(H,29,31)(H2,26,27,28). The zero-order valence-electron chi connectivity index (χ0n) is 18.0. The Balaban J connectivity index is 1.65. The van der Waals surface area contributed by atoms with Crippen LogP contribution < -0.4 is 11.1 Å². The van der Waals surface area contributed by atoms with Crippen molar-refractivity contribution < 1.29 is 4.79 Å². The number of fused-ring (bicyclic) bond motifs is 3. The van der Waals surface area contributed by atoms with Crippen LogP contribution in [-0.4, -0.2) is 20.4 Å². The number of hydrogen-bond donors (Lipinski definition) is 2. The molecule has 1 saturated carbocycles. The number of nitrogen functional groups attached to an aromatic ring is 1. The minimum atomic E-state index is -0.177. The van der Waals surface area contributed by atoms with Crippen LogP contribution in [0.5, 0.6) is 0 Å². The second-order valence-corrected chi connectivity index (χ2v) is 8.89. The summed E-state index contributed by atoms with van der Waals surface area (Å²) in [5.41, 5.74) is 13.1. The van der Waals surface area contributed by atoms with Crippen LogP contribution in [0.4, 0.5) is 11.5 Å². The van der Waals surface area contributed by atoms with Crippen LogP contribution >= 0.6 is 0 Å². The molecule has 1 amide bonds. The number of carbonyl (C=O) groups is 1. The lowest BCUT2D eigenvalue weighted by molar-refractivity contribution is -0.112. The molecule has 0 radical (unpaired) electrons. The van der Waals surface area contributed by atoms with E-state index in [1.54, 1.807) is 6.92 Å². The number of nitrogens with two attached hydrogens (primary N) is 1. The van der Waals surface area contributed by atoms with Gasteiger partial charge in [-0.25, -0.2) is 9.97 Å². The van der Waals surface area contributed by atoms with E-state index in [-0.39, 0.29) is 5.91 Å². The van der Waals surface area contributed by atoms with Crippen molar-refractivity contribution in [1.82, 2.24) is 14.5 Å². The topological polar surface area (TPSA) is 85.8 Å². The van der Waals surface area contributed by atoms with Crippen LogP contribution in [-0.2, 0) is 11.8 Å². The number of aryl methyl sites for hydroxylation is 1. The molecule has 1 aromatic carbocycles. The van der Waals surface area contributed by atoms with Gasteiger partial charge in [0.15, 0.2) is 0 Å². The zero-order valence-corrected chi connectivity index (χ0v) is 18.0. The normalized spacial score (nSPS) is 20.0. The van der Waals surface area contributed by atoms with E-state index in [1.165, 1.54) is 31.2 Å². The van der Waals surface area contributed by atoms with Crippen LogP contribution in [0.15, 0.2) is 48.8 Å². The Kier molecular flexibility index (Phi) is 4.65. The van der Waals surface area contributed by atoms with Gasteiger partial charge in [-0.2, -0.15) is 0 Å². The van der Waals surface area contributed by atoms with Gasteiger partial charge in [-0.05, 0) is 67.7 Å². The zero-order chi connectivity index (χ0) is 21.7. The van der Waals surface area contributed by atoms with Gasteiger partial charge in [-0.3, -0.25) is 4.79 Å². The Morgan fingerprint density at radius 3 is 2.71 bits per heavy atom. The Morgan fingerprint density at radius 2 is 2.00 bits per heavy atom. The smallest absolute Gasteiger partial charge is 0.250 e. The van der Waals surface area contributed by atoms with Gasteiger partial charge in [-0.1, -0.05) is 24.8 Å². The first kappa shape index (κ1) is 19.5. The highest BCUT2D eigenvalue weighted by Crippen LogP contribution is 2.48. The number of amides is 1. The number of allylic oxidation sites excluding steroid dienone is 2. The van der Waals surface area contributed by atoms with Crippen LogP contribution in [0.3, 0.4) is 0 Å². The highest BCUT2D eigenvalue weighted by Gasteiger charge is 2.32. The van der Waals surface area contributed by atoms with Crippen LogP contribution in [0.2, 0.25) is 0 Å². The van der Waals surface area contributed by atoms with E-state index in [2.05, 4.69) is 32.5 Å². The SMILES string of the molecule is C=C(C)C(=O)Nc1ccc(-c2c(C3=CC4CCC(C3)C4)c3c(N)ncnc3n2C)cc1. The molecule has 0 spiro atoms. The molecular weight excluding hydrogens is 386 g/mol. The van der Waals surface area contributed by atoms with Crippen LogP contribution in [0, 0.1) is 11.8 Å². The molecule has 3 aromatic rings. The Labute approximate surface area is 181 Å². The lowest BCUT2D eigenvalue weighted by Crippen LogP contribution is -2.11. The summed E-state index contributed by atoms with van der Waals surface area (Å²) in [5, 5.41) is 3.81. The molecule has 2 unspecified atom stereocenters. The van der Waals surface area contributed by atoms with Crippen molar-refractivity contribution in [2.24, 2.45) is 18.9 Å². The van der Waals surface area contributed by atoms with Gasteiger partial charge in [0.25, 0.3) is 5.91 Å². The van der Waals surface area contributed by atoms with Crippen LogP contribution in [0.25, 0.3) is 27.9 Å². The summed E-state index contributed by atoms with van der Waals surface area (Å²) >= 11 is 0. The van der Waals surface area contributed by atoms with Gasteiger partial charge >= 0.3 is 0 Å². The van der Waals surface area contributed by atoms with Gasteiger partial charge in [0, 0.05) is 23.9 Å². The molecule has 5 rings (SSSR count). The first-order chi connectivity index (χ1) is 14.9. The van der Waals surface area contributed by atoms with Crippen molar-refractivity contribution in [2.75, 3.05) is 11.1 Å². The van der Waals surface area contributed by atoms with E-state index in [0.717, 1.165) is 45.9 Å². The third-order valence-corrected chi connectivity index (χ3v) is 6.65. The Hall–Kier alpha value is -3.41. The molecule has 2 atom stereocenters. The van der Waals surface area contributed by atoms with E-state index in [0.29, 0.717) is 17.3 Å². The van der Waals surface area contributed by atoms with Gasteiger partial charge in [0.2, 0.25) is 0 Å². The summed E-state index contributed by atoms with van der Waals surface area (Å²) in [4.78, 5) is 20.8. The fourth-order valence-electron chi connectivity index (χ4n) is 5.17.